The third-order valence-corrected chi connectivity index (χ3v) is 3.61. The van der Waals surface area contributed by atoms with Gasteiger partial charge >= 0.3 is 0 Å². The van der Waals surface area contributed by atoms with Gasteiger partial charge in [-0.15, -0.1) is 35.6 Å². The van der Waals surface area contributed by atoms with Gasteiger partial charge < -0.3 is 0 Å². The van der Waals surface area contributed by atoms with Crippen molar-refractivity contribution in [1.29, 1.82) is 0 Å². The molecule has 0 fully saturated rings. The van der Waals surface area contributed by atoms with E-state index in [0.29, 0.717) is 10.8 Å². The number of rotatable bonds is 1. The summed E-state index contributed by atoms with van der Waals surface area (Å²) in [6.45, 7) is 0. The van der Waals surface area contributed by atoms with Gasteiger partial charge in [0.2, 0.25) is 0 Å². The summed E-state index contributed by atoms with van der Waals surface area (Å²) in [5.74, 6) is 0.109. The summed E-state index contributed by atoms with van der Waals surface area (Å²) < 4.78 is 14.2. The molecular formula is C9H6ClFS2. The molecule has 1 aromatic heterocycles. The van der Waals surface area contributed by atoms with E-state index in [9.17, 15) is 4.39 Å². The number of hydrogen-bond donors (Lipinski definition) is 1. The van der Waals surface area contributed by atoms with Crippen LogP contribution in [0.4, 0.5) is 4.39 Å². The lowest BCUT2D eigenvalue weighted by Crippen LogP contribution is -1.80. The van der Waals surface area contributed by atoms with Crippen molar-refractivity contribution >= 4 is 45.7 Å². The van der Waals surface area contributed by atoms with E-state index in [1.54, 1.807) is 17.4 Å². The highest BCUT2D eigenvalue weighted by atomic mass is 35.5. The molecule has 0 nitrogen and oxygen atoms in total. The summed E-state index contributed by atoms with van der Waals surface area (Å²) in [5.41, 5.74) is 0.950. The lowest BCUT2D eigenvalue weighted by Gasteiger charge is -1.99. The Hall–Kier alpha value is -0.250. The van der Waals surface area contributed by atoms with E-state index in [0.717, 1.165) is 15.6 Å². The van der Waals surface area contributed by atoms with Crippen LogP contribution in [0.2, 0.25) is 0 Å². The molecule has 0 amide bonds. The molecule has 0 bridgehead atoms. The van der Waals surface area contributed by atoms with Crippen molar-refractivity contribution in [2.24, 2.45) is 0 Å². The maximum atomic E-state index is 13.1. The first-order valence-electron chi connectivity index (χ1n) is 3.67. The molecule has 0 saturated carbocycles. The average Bonchev–Trinajstić information content (AvgIpc) is 2.55. The fourth-order valence-corrected chi connectivity index (χ4v) is 2.93. The van der Waals surface area contributed by atoms with Crippen molar-refractivity contribution in [3.63, 3.8) is 0 Å². The molecule has 4 heteroatoms. The van der Waals surface area contributed by atoms with E-state index >= 15 is 0 Å². The maximum absolute atomic E-state index is 13.1. The van der Waals surface area contributed by atoms with Crippen molar-refractivity contribution in [1.82, 2.24) is 0 Å². The van der Waals surface area contributed by atoms with Gasteiger partial charge in [-0.2, -0.15) is 0 Å². The zero-order valence-corrected chi connectivity index (χ0v) is 9.02. The van der Waals surface area contributed by atoms with E-state index < -0.39 is 0 Å². The van der Waals surface area contributed by atoms with Crippen LogP contribution in [0.15, 0.2) is 22.4 Å². The molecule has 1 aromatic carbocycles. The Labute approximate surface area is 89.7 Å². The Balaban J connectivity index is 2.85. The van der Waals surface area contributed by atoms with Gasteiger partial charge in [0.1, 0.15) is 5.82 Å². The van der Waals surface area contributed by atoms with E-state index in [1.807, 2.05) is 5.38 Å². The van der Waals surface area contributed by atoms with Crippen molar-refractivity contribution in [3.8, 4) is 0 Å². The zero-order valence-electron chi connectivity index (χ0n) is 6.55. The second-order valence-electron chi connectivity index (χ2n) is 2.66. The van der Waals surface area contributed by atoms with E-state index in [4.69, 9.17) is 11.6 Å². The molecule has 0 N–H and O–H groups in total. The van der Waals surface area contributed by atoms with Gasteiger partial charge in [-0.3, -0.25) is 0 Å². The minimum atomic E-state index is -0.291. The average molecular weight is 233 g/mol. The van der Waals surface area contributed by atoms with Crippen molar-refractivity contribution in [2.75, 3.05) is 0 Å². The van der Waals surface area contributed by atoms with Crippen LogP contribution in [0.25, 0.3) is 10.1 Å². The van der Waals surface area contributed by atoms with E-state index in [1.165, 1.54) is 6.07 Å². The molecule has 13 heavy (non-hydrogen) atoms. The highest BCUT2D eigenvalue weighted by molar-refractivity contribution is 7.80. The number of fused-ring (bicyclic) bond motifs is 1. The largest absolute Gasteiger partial charge is 0.206 e. The van der Waals surface area contributed by atoms with Crippen LogP contribution in [-0.4, -0.2) is 0 Å². The Kier molecular flexibility index (Phi) is 2.49. The summed E-state index contributed by atoms with van der Waals surface area (Å²) in [5, 5.41) is 2.79. The fourth-order valence-electron chi connectivity index (χ4n) is 1.25. The predicted molar refractivity (Wildman–Crippen MR) is 58.6 cm³/mol. The van der Waals surface area contributed by atoms with Gasteiger partial charge in [0.05, 0.1) is 0 Å². The quantitative estimate of drug-likeness (QED) is 0.556. The van der Waals surface area contributed by atoms with Crippen molar-refractivity contribution < 1.29 is 4.39 Å². The van der Waals surface area contributed by atoms with Crippen LogP contribution in [0, 0.1) is 5.82 Å². The van der Waals surface area contributed by atoms with Crippen LogP contribution < -0.4 is 0 Å². The molecule has 0 aliphatic heterocycles. The maximum Gasteiger partial charge on any atom is 0.137 e. The summed E-state index contributed by atoms with van der Waals surface area (Å²) in [7, 11) is 0. The number of benzene rings is 1. The number of halogens is 2. The Morgan fingerprint density at radius 3 is 2.92 bits per heavy atom. The Bertz CT molecular complexity index is 450. The second-order valence-corrected chi connectivity index (χ2v) is 4.29. The van der Waals surface area contributed by atoms with Gasteiger partial charge in [-0.1, -0.05) is 0 Å². The molecule has 0 saturated heterocycles. The van der Waals surface area contributed by atoms with Gasteiger partial charge in [-0.05, 0) is 23.1 Å². The van der Waals surface area contributed by atoms with Gasteiger partial charge in [0, 0.05) is 20.9 Å². The molecule has 0 atom stereocenters. The molecular weight excluding hydrogens is 227 g/mol. The topological polar surface area (TPSA) is 0 Å². The first kappa shape index (κ1) is 9.31. The predicted octanol–water partition coefficient (Wildman–Crippen LogP) is 4.07. The second kappa shape index (κ2) is 3.48. The van der Waals surface area contributed by atoms with Crippen LogP contribution in [0.5, 0.6) is 0 Å². The smallest absolute Gasteiger partial charge is 0.137 e. The van der Waals surface area contributed by atoms with Crippen LogP contribution in [-0.2, 0) is 5.88 Å². The number of thiol groups is 1. The standard InChI is InChI=1S/C9H6ClFS2/c10-3-5-4-13-7-2-1-6(11)9(12)8(5)7/h1-2,4,12H,3H2. The van der Waals surface area contributed by atoms with Crippen molar-refractivity contribution in [2.45, 2.75) is 10.8 Å². The number of hydrogen-bond acceptors (Lipinski definition) is 2. The van der Waals surface area contributed by atoms with E-state index in [-0.39, 0.29) is 5.82 Å². The summed E-state index contributed by atoms with van der Waals surface area (Å²) in [4.78, 5) is 0.398. The molecule has 68 valence electrons. The van der Waals surface area contributed by atoms with Gasteiger partial charge in [0.15, 0.2) is 0 Å². The zero-order chi connectivity index (χ0) is 9.42. The molecule has 0 radical (unpaired) electrons. The lowest BCUT2D eigenvalue weighted by molar-refractivity contribution is 0.606. The third-order valence-electron chi connectivity index (χ3n) is 1.88. The first-order chi connectivity index (χ1) is 6.24. The number of alkyl halides is 1. The van der Waals surface area contributed by atoms with Crippen LogP contribution >= 0.6 is 35.6 Å². The normalized spacial score (nSPS) is 11.0. The van der Waals surface area contributed by atoms with Crippen LogP contribution in [0.1, 0.15) is 5.56 Å². The van der Waals surface area contributed by atoms with Crippen LogP contribution in [0.3, 0.4) is 0 Å². The summed E-state index contributed by atoms with van der Waals surface area (Å²) >= 11 is 11.4. The van der Waals surface area contributed by atoms with Gasteiger partial charge in [-0.25, -0.2) is 4.39 Å². The highest BCUT2D eigenvalue weighted by Crippen LogP contribution is 2.33. The Morgan fingerprint density at radius 2 is 2.23 bits per heavy atom. The third kappa shape index (κ3) is 1.45. The Morgan fingerprint density at radius 1 is 1.46 bits per heavy atom. The molecule has 0 spiro atoms. The first-order valence-corrected chi connectivity index (χ1v) is 5.53. The molecule has 0 aliphatic rings. The monoisotopic (exact) mass is 232 g/mol. The molecule has 1 heterocycles. The molecule has 2 aromatic rings. The SMILES string of the molecule is Fc1ccc2scc(CCl)c2c1S. The minimum Gasteiger partial charge on any atom is -0.206 e. The summed E-state index contributed by atoms with van der Waals surface area (Å²) in [6.07, 6.45) is 0. The highest BCUT2D eigenvalue weighted by Gasteiger charge is 2.09. The molecule has 0 unspecified atom stereocenters. The lowest BCUT2D eigenvalue weighted by atomic mass is 10.2. The minimum absolute atomic E-state index is 0.291. The molecule has 0 aliphatic carbocycles. The van der Waals surface area contributed by atoms with Gasteiger partial charge in [0.25, 0.3) is 0 Å². The number of thiophene rings is 1. The fraction of sp³-hybridized carbons (Fsp3) is 0.111. The molecule has 2 rings (SSSR count). The summed E-state index contributed by atoms with van der Waals surface area (Å²) in [6, 6.07) is 3.18. The van der Waals surface area contributed by atoms with E-state index in [2.05, 4.69) is 12.6 Å². The van der Waals surface area contributed by atoms with Crippen molar-refractivity contribution in [3.05, 3.63) is 28.9 Å².